The largest absolute Gasteiger partial charge is 0.334 e. The fourth-order valence-corrected chi connectivity index (χ4v) is 3.29. The van der Waals surface area contributed by atoms with Gasteiger partial charge in [0.15, 0.2) is 0 Å². The predicted molar refractivity (Wildman–Crippen MR) is 77.0 cm³/mol. The Hall–Kier alpha value is -1.62. The molecule has 3 rings (SSSR count). The topological polar surface area (TPSA) is 71.2 Å². The standard InChI is InChI=1S/C15H22N4O/c1-11-12(4-2-7-17-11)8-18-14(20)19-9-13(16)15(10-19)5-3-6-15/h2,4,7,13H,3,5-6,8-10,16H2,1H3,(H,18,20). The predicted octanol–water partition coefficient (Wildman–Crippen LogP) is 1.41. The SMILES string of the molecule is Cc1ncccc1CNC(=O)N1CC(N)C2(CCC2)C1. The van der Waals surface area contributed by atoms with Crippen LogP contribution in [-0.2, 0) is 6.54 Å². The van der Waals surface area contributed by atoms with E-state index in [0.29, 0.717) is 13.1 Å². The van der Waals surface area contributed by atoms with Gasteiger partial charge in [-0.15, -0.1) is 0 Å². The van der Waals surface area contributed by atoms with Crippen molar-refractivity contribution in [3.63, 3.8) is 0 Å². The van der Waals surface area contributed by atoms with E-state index in [1.807, 2.05) is 24.0 Å². The number of carbonyl (C=O) groups excluding carboxylic acids is 1. The van der Waals surface area contributed by atoms with Gasteiger partial charge < -0.3 is 16.0 Å². The van der Waals surface area contributed by atoms with Crippen LogP contribution in [-0.4, -0.2) is 35.0 Å². The Kier molecular flexibility index (Phi) is 3.38. The molecule has 0 bridgehead atoms. The van der Waals surface area contributed by atoms with E-state index in [0.717, 1.165) is 17.8 Å². The first-order valence-electron chi connectivity index (χ1n) is 7.30. The van der Waals surface area contributed by atoms with Crippen molar-refractivity contribution in [2.24, 2.45) is 11.1 Å². The molecular weight excluding hydrogens is 252 g/mol. The quantitative estimate of drug-likeness (QED) is 0.856. The number of hydrogen-bond acceptors (Lipinski definition) is 3. The van der Waals surface area contributed by atoms with Crippen LogP contribution in [0.1, 0.15) is 30.5 Å². The van der Waals surface area contributed by atoms with Crippen molar-refractivity contribution < 1.29 is 4.79 Å². The Balaban J connectivity index is 1.57. The van der Waals surface area contributed by atoms with E-state index in [-0.39, 0.29) is 17.5 Å². The number of nitrogens with one attached hydrogen (secondary N) is 1. The van der Waals surface area contributed by atoms with Crippen LogP contribution < -0.4 is 11.1 Å². The second kappa shape index (κ2) is 5.05. The molecule has 1 aromatic heterocycles. The van der Waals surface area contributed by atoms with Crippen LogP contribution in [0, 0.1) is 12.3 Å². The van der Waals surface area contributed by atoms with Gasteiger partial charge in [0.1, 0.15) is 0 Å². The van der Waals surface area contributed by atoms with Crippen molar-refractivity contribution in [3.8, 4) is 0 Å². The molecule has 1 saturated carbocycles. The van der Waals surface area contributed by atoms with E-state index >= 15 is 0 Å². The first kappa shape index (κ1) is 13.4. The molecule has 20 heavy (non-hydrogen) atoms. The minimum atomic E-state index is -0.00696. The van der Waals surface area contributed by atoms with Crippen molar-refractivity contribution in [2.45, 2.75) is 38.8 Å². The van der Waals surface area contributed by atoms with Gasteiger partial charge in [-0.3, -0.25) is 4.98 Å². The molecule has 1 aromatic rings. The monoisotopic (exact) mass is 274 g/mol. The van der Waals surface area contributed by atoms with Crippen LogP contribution in [0.2, 0.25) is 0 Å². The first-order valence-corrected chi connectivity index (χ1v) is 7.30. The number of pyridine rings is 1. The van der Waals surface area contributed by atoms with Crippen LogP contribution in [0.3, 0.4) is 0 Å². The van der Waals surface area contributed by atoms with Crippen molar-refractivity contribution in [2.75, 3.05) is 13.1 Å². The van der Waals surface area contributed by atoms with E-state index in [1.54, 1.807) is 6.20 Å². The number of rotatable bonds is 2. The average molecular weight is 274 g/mol. The number of amides is 2. The Morgan fingerprint density at radius 2 is 2.40 bits per heavy atom. The molecule has 1 aliphatic carbocycles. The fourth-order valence-electron chi connectivity index (χ4n) is 3.29. The number of urea groups is 1. The molecule has 1 aliphatic heterocycles. The van der Waals surface area contributed by atoms with Gasteiger partial charge in [0.2, 0.25) is 0 Å². The van der Waals surface area contributed by atoms with Crippen molar-refractivity contribution in [3.05, 3.63) is 29.6 Å². The molecule has 1 atom stereocenters. The van der Waals surface area contributed by atoms with Crippen molar-refractivity contribution in [1.29, 1.82) is 0 Å². The van der Waals surface area contributed by atoms with E-state index < -0.39 is 0 Å². The van der Waals surface area contributed by atoms with Crippen LogP contribution in [0.15, 0.2) is 18.3 Å². The van der Waals surface area contributed by atoms with Crippen LogP contribution in [0.25, 0.3) is 0 Å². The molecule has 5 nitrogen and oxygen atoms in total. The number of likely N-dealkylation sites (tertiary alicyclic amines) is 1. The highest BCUT2D eigenvalue weighted by Gasteiger charge is 2.49. The van der Waals surface area contributed by atoms with Gasteiger partial charge in [-0.1, -0.05) is 12.5 Å². The molecule has 2 heterocycles. The molecule has 2 fully saturated rings. The maximum atomic E-state index is 12.2. The van der Waals surface area contributed by atoms with Gasteiger partial charge in [0.25, 0.3) is 0 Å². The Morgan fingerprint density at radius 3 is 3.00 bits per heavy atom. The molecule has 108 valence electrons. The minimum absolute atomic E-state index is 0.00696. The number of carbonyl (C=O) groups is 1. The summed E-state index contributed by atoms with van der Waals surface area (Å²) in [6.45, 7) is 3.97. The summed E-state index contributed by atoms with van der Waals surface area (Å²) in [5.74, 6) is 0. The Labute approximate surface area is 119 Å². The summed E-state index contributed by atoms with van der Waals surface area (Å²) in [7, 11) is 0. The maximum absolute atomic E-state index is 12.2. The first-order chi connectivity index (χ1) is 9.61. The zero-order chi connectivity index (χ0) is 14.2. The van der Waals surface area contributed by atoms with Gasteiger partial charge >= 0.3 is 6.03 Å². The van der Waals surface area contributed by atoms with E-state index in [9.17, 15) is 4.79 Å². The third-order valence-electron chi connectivity index (χ3n) is 4.89. The number of aryl methyl sites for hydroxylation is 1. The summed E-state index contributed by atoms with van der Waals surface area (Å²) in [6.07, 6.45) is 5.35. The zero-order valence-corrected chi connectivity index (χ0v) is 11.9. The van der Waals surface area contributed by atoms with Crippen molar-refractivity contribution >= 4 is 6.03 Å². The lowest BCUT2D eigenvalue weighted by Crippen LogP contribution is -2.45. The smallest absolute Gasteiger partial charge is 0.317 e. The Morgan fingerprint density at radius 1 is 1.60 bits per heavy atom. The molecule has 0 aromatic carbocycles. The third kappa shape index (κ3) is 2.26. The highest BCUT2D eigenvalue weighted by molar-refractivity contribution is 5.74. The van der Waals surface area contributed by atoms with Gasteiger partial charge in [-0.25, -0.2) is 4.79 Å². The van der Waals surface area contributed by atoms with Gasteiger partial charge in [-0.2, -0.15) is 0 Å². The lowest BCUT2D eigenvalue weighted by molar-refractivity contribution is 0.125. The normalized spacial score (nSPS) is 23.7. The second-order valence-corrected chi connectivity index (χ2v) is 6.11. The number of hydrogen-bond donors (Lipinski definition) is 2. The lowest BCUT2D eigenvalue weighted by atomic mass is 9.66. The van der Waals surface area contributed by atoms with Gasteiger partial charge in [0, 0.05) is 43.0 Å². The highest BCUT2D eigenvalue weighted by atomic mass is 16.2. The number of aromatic nitrogens is 1. The summed E-state index contributed by atoms with van der Waals surface area (Å²) >= 11 is 0. The second-order valence-electron chi connectivity index (χ2n) is 6.11. The van der Waals surface area contributed by atoms with E-state index in [2.05, 4.69) is 10.3 Å². The third-order valence-corrected chi connectivity index (χ3v) is 4.89. The minimum Gasteiger partial charge on any atom is -0.334 e. The van der Waals surface area contributed by atoms with E-state index in [4.69, 9.17) is 5.73 Å². The Bertz CT molecular complexity index is 512. The lowest BCUT2D eigenvalue weighted by Gasteiger charge is -2.41. The zero-order valence-electron chi connectivity index (χ0n) is 11.9. The number of nitrogens with two attached hydrogens (primary N) is 1. The molecule has 5 heteroatoms. The van der Waals surface area contributed by atoms with Crippen LogP contribution in [0.5, 0.6) is 0 Å². The van der Waals surface area contributed by atoms with Crippen molar-refractivity contribution in [1.82, 2.24) is 15.2 Å². The molecule has 1 spiro atoms. The fraction of sp³-hybridized carbons (Fsp3) is 0.600. The summed E-state index contributed by atoms with van der Waals surface area (Å²) in [5.41, 5.74) is 8.43. The average Bonchev–Trinajstić information content (AvgIpc) is 2.75. The van der Waals surface area contributed by atoms with E-state index in [1.165, 1.54) is 19.3 Å². The van der Waals surface area contributed by atoms with Crippen LogP contribution in [0.4, 0.5) is 4.79 Å². The highest BCUT2D eigenvalue weighted by Crippen LogP contribution is 2.47. The molecule has 3 N–H and O–H groups in total. The molecule has 1 saturated heterocycles. The molecule has 1 unspecified atom stereocenters. The molecule has 2 aliphatic rings. The summed E-state index contributed by atoms with van der Waals surface area (Å²) < 4.78 is 0. The van der Waals surface area contributed by atoms with Crippen LogP contribution >= 0.6 is 0 Å². The number of nitrogens with zero attached hydrogens (tertiary/aromatic N) is 2. The molecule has 0 radical (unpaired) electrons. The summed E-state index contributed by atoms with van der Waals surface area (Å²) in [5, 5.41) is 2.98. The molecular formula is C15H22N4O. The molecule has 2 amide bonds. The van der Waals surface area contributed by atoms with Gasteiger partial charge in [0.05, 0.1) is 0 Å². The maximum Gasteiger partial charge on any atom is 0.317 e. The summed E-state index contributed by atoms with van der Waals surface area (Å²) in [6, 6.07) is 4.02. The summed E-state index contributed by atoms with van der Waals surface area (Å²) in [4.78, 5) is 18.3. The van der Waals surface area contributed by atoms with Gasteiger partial charge in [-0.05, 0) is 31.4 Å².